The summed E-state index contributed by atoms with van der Waals surface area (Å²) in [6, 6.07) is 0.230. The Morgan fingerprint density at radius 1 is 1.57 bits per heavy atom. The number of likely N-dealkylation sites (N-methyl/N-ethyl adjacent to an activating group) is 1. The van der Waals surface area contributed by atoms with Crippen LogP contribution in [0.4, 0.5) is 0 Å². The summed E-state index contributed by atoms with van der Waals surface area (Å²) in [6.07, 6.45) is 1.95. The summed E-state index contributed by atoms with van der Waals surface area (Å²) in [5, 5.41) is 12.1. The number of aliphatic hydroxyl groups excluding tert-OH is 1. The molecule has 0 heterocycles. The molecule has 1 rings (SSSR count). The smallest absolute Gasteiger partial charge is 0.236 e. The van der Waals surface area contributed by atoms with Crippen LogP contribution in [0.15, 0.2) is 0 Å². The van der Waals surface area contributed by atoms with Gasteiger partial charge in [0.1, 0.15) is 0 Å². The summed E-state index contributed by atoms with van der Waals surface area (Å²) in [4.78, 5) is 13.3. The predicted octanol–water partition coefficient (Wildman–Crippen LogP) is -0.0323. The largest absolute Gasteiger partial charge is 0.394 e. The number of rotatable bonds is 5. The van der Waals surface area contributed by atoms with Gasteiger partial charge in [0.05, 0.1) is 13.2 Å². The molecule has 0 aromatic rings. The second-order valence-corrected chi connectivity index (χ2v) is 4.39. The number of carbonyl (C=O) groups excluding carboxylic acids is 1. The third-order valence-corrected chi connectivity index (χ3v) is 2.94. The van der Waals surface area contributed by atoms with E-state index in [1.54, 1.807) is 11.9 Å². The monoisotopic (exact) mass is 200 g/mol. The van der Waals surface area contributed by atoms with Crippen molar-refractivity contribution in [2.24, 2.45) is 0 Å². The Kier molecular flexibility index (Phi) is 3.50. The molecule has 0 radical (unpaired) electrons. The Morgan fingerprint density at radius 2 is 2.14 bits per heavy atom. The zero-order valence-electron chi connectivity index (χ0n) is 9.21. The van der Waals surface area contributed by atoms with Crippen LogP contribution in [0.5, 0.6) is 0 Å². The van der Waals surface area contributed by atoms with Gasteiger partial charge >= 0.3 is 0 Å². The highest BCUT2D eigenvalue weighted by molar-refractivity contribution is 5.78. The first kappa shape index (κ1) is 11.5. The van der Waals surface area contributed by atoms with E-state index in [1.165, 1.54) is 0 Å². The Morgan fingerprint density at radius 3 is 2.50 bits per heavy atom. The normalized spacial score (nSPS) is 18.4. The van der Waals surface area contributed by atoms with Crippen LogP contribution in [-0.4, -0.2) is 47.7 Å². The SMILES string of the molecule is CC(C)N(C)C(=O)CNC1(CO)CC1. The topological polar surface area (TPSA) is 52.6 Å². The molecule has 82 valence electrons. The third kappa shape index (κ3) is 2.69. The van der Waals surface area contributed by atoms with Crippen molar-refractivity contribution in [1.29, 1.82) is 0 Å². The Balaban J connectivity index is 2.28. The third-order valence-electron chi connectivity index (χ3n) is 2.94. The van der Waals surface area contributed by atoms with E-state index in [4.69, 9.17) is 5.11 Å². The lowest BCUT2D eigenvalue weighted by Gasteiger charge is -2.23. The minimum absolute atomic E-state index is 0.0831. The zero-order chi connectivity index (χ0) is 10.8. The molecule has 0 aromatic carbocycles. The van der Waals surface area contributed by atoms with Crippen molar-refractivity contribution in [1.82, 2.24) is 10.2 Å². The van der Waals surface area contributed by atoms with Gasteiger partial charge in [-0.05, 0) is 26.7 Å². The maximum atomic E-state index is 11.6. The summed E-state index contributed by atoms with van der Waals surface area (Å²) in [7, 11) is 1.80. The first-order valence-electron chi connectivity index (χ1n) is 5.12. The molecule has 0 bridgehead atoms. The fourth-order valence-electron chi connectivity index (χ4n) is 1.22. The van der Waals surface area contributed by atoms with Crippen LogP contribution in [0, 0.1) is 0 Å². The molecule has 4 nitrogen and oxygen atoms in total. The number of aliphatic hydroxyl groups is 1. The Labute approximate surface area is 85.3 Å². The Bertz CT molecular complexity index is 212. The molecule has 1 saturated carbocycles. The molecule has 1 aliphatic rings. The van der Waals surface area contributed by atoms with Gasteiger partial charge in [-0.25, -0.2) is 0 Å². The lowest BCUT2D eigenvalue weighted by Crippen LogP contribution is -2.44. The molecule has 1 aliphatic carbocycles. The van der Waals surface area contributed by atoms with E-state index < -0.39 is 0 Å². The van der Waals surface area contributed by atoms with E-state index in [0.717, 1.165) is 12.8 Å². The van der Waals surface area contributed by atoms with Gasteiger partial charge in [0, 0.05) is 18.6 Å². The number of hydrogen-bond acceptors (Lipinski definition) is 3. The minimum Gasteiger partial charge on any atom is -0.394 e. The van der Waals surface area contributed by atoms with E-state index >= 15 is 0 Å². The molecule has 1 fully saturated rings. The molecule has 0 aliphatic heterocycles. The van der Waals surface area contributed by atoms with Gasteiger partial charge in [0.2, 0.25) is 5.91 Å². The molecule has 0 saturated heterocycles. The molecular weight excluding hydrogens is 180 g/mol. The Hall–Kier alpha value is -0.610. The number of carbonyl (C=O) groups is 1. The lowest BCUT2D eigenvalue weighted by atomic mass is 10.3. The first-order valence-corrected chi connectivity index (χ1v) is 5.12. The van der Waals surface area contributed by atoms with Crippen molar-refractivity contribution < 1.29 is 9.90 Å². The van der Waals surface area contributed by atoms with Crippen LogP contribution >= 0.6 is 0 Å². The van der Waals surface area contributed by atoms with Crippen molar-refractivity contribution >= 4 is 5.91 Å². The maximum absolute atomic E-state index is 11.6. The molecule has 0 unspecified atom stereocenters. The van der Waals surface area contributed by atoms with Crippen LogP contribution in [0.2, 0.25) is 0 Å². The van der Waals surface area contributed by atoms with Gasteiger partial charge in [-0.1, -0.05) is 0 Å². The van der Waals surface area contributed by atoms with Crippen molar-refractivity contribution in [2.45, 2.75) is 38.3 Å². The molecule has 1 amide bonds. The molecule has 0 aromatic heterocycles. The van der Waals surface area contributed by atoms with Crippen LogP contribution < -0.4 is 5.32 Å². The van der Waals surface area contributed by atoms with E-state index in [1.807, 2.05) is 13.8 Å². The van der Waals surface area contributed by atoms with Gasteiger partial charge < -0.3 is 15.3 Å². The lowest BCUT2D eigenvalue weighted by molar-refractivity contribution is -0.130. The number of amides is 1. The standard InChI is InChI=1S/C10H20N2O2/c1-8(2)12(3)9(14)6-11-10(7-13)4-5-10/h8,11,13H,4-7H2,1-3H3. The van der Waals surface area contributed by atoms with E-state index in [2.05, 4.69) is 5.32 Å². The summed E-state index contributed by atoms with van der Waals surface area (Å²) in [5.41, 5.74) is -0.145. The molecule has 0 atom stereocenters. The van der Waals surface area contributed by atoms with Gasteiger partial charge in [0.15, 0.2) is 0 Å². The molecule has 0 spiro atoms. The summed E-state index contributed by atoms with van der Waals surface area (Å²) >= 11 is 0. The fraction of sp³-hybridized carbons (Fsp3) is 0.900. The average Bonchev–Trinajstić information content (AvgIpc) is 2.93. The summed E-state index contributed by atoms with van der Waals surface area (Å²) in [6.45, 7) is 4.43. The van der Waals surface area contributed by atoms with Crippen molar-refractivity contribution in [3.63, 3.8) is 0 Å². The van der Waals surface area contributed by atoms with E-state index in [9.17, 15) is 4.79 Å². The second-order valence-electron chi connectivity index (χ2n) is 4.39. The van der Waals surface area contributed by atoms with Gasteiger partial charge in [-0.2, -0.15) is 0 Å². The zero-order valence-corrected chi connectivity index (χ0v) is 9.21. The fourth-order valence-corrected chi connectivity index (χ4v) is 1.22. The van der Waals surface area contributed by atoms with Crippen molar-refractivity contribution in [2.75, 3.05) is 20.2 Å². The molecule has 4 heteroatoms. The number of nitrogens with one attached hydrogen (secondary N) is 1. The molecular formula is C10H20N2O2. The summed E-state index contributed by atoms with van der Waals surface area (Å²) < 4.78 is 0. The molecule has 14 heavy (non-hydrogen) atoms. The first-order chi connectivity index (χ1) is 6.51. The van der Waals surface area contributed by atoms with Crippen LogP contribution in [-0.2, 0) is 4.79 Å². The predicted molar refractivity (Wildman–Crippen MR) is 55.0 cm³/mol. The highest BCUT2D eigenvalue weighted by Crippen LogP contribution is 2.34. The van der Waals surface area contributed by atoms with Crippen LogP contribution in [0.1, 0.15) is 26.7 Å². The highest BCUT2D eigenvalue weighted by atomic mass is 16.3. The quantitative estimate of drug-likeness (QED) is 0.655. The summed E-state index contributed by atoms with van der Waals surface area (Å²) in [5.74, 6) is 0.0831. The number of hydrogen-bond donors (Lipinski definition) is 2. The minimum atomic E-state index is -0.145. The van der Waals surface area contributed by atoms with E-state index in [-0.39, 0.29) is 24.1 Å². The molecule has 2 N–H and O–H groups in total. The number of nitrogens with zero attached hydrogens (tertiary/aromatic N) is 1. The van der Waals surface area contributed by atoms with Gasteiger partial charge in [0.25, 0.3) is 0 Å². The van der Waals surface area contributed by atoms with Crippen LogP contribution in [0.3, 0.4) is 0 Å². The van der Waals surface area contributed by atoms with Crippen molar-refractivity contribution in [3.05, 3.63) is 0 Å². The van der Waals surface area contributed by atoms with Crippen molar-refractivity contribution in [3.8, 4) is 0 Å². The highest BCUT2D eigenvalue weighted by Gasteiger charge is 2.41. The maximum Gasteiger partial charge on any atom is 0.236 e. The average molecular weight is 200 g/mol. The van der Waals surface area contributed by atoms with Crippen LogP contribution in [0.25, 0.3) is 0 Å². The van der Waals surface area contributed by atoms with Gasteiger partial charge in [-0.15, -0.1) is 0 Å². The van der Waals surface area contributed by atoms with Gasteiger partial charge in [-0.3, -0.25) is 4.79 Å². The second kappa shape index (κ2) is 4.28. The van der Waals surface area contributed by atoms with E-state index in [0.29, 0.717) is 6.54 Å².